The molecule has 1 aliphatic rings. The monoisotopic (exact) mass is 356 g/mol. The first-order chi connectivity index (χ1) is 12.6. The summed E-state index contributed by atoms with van der Waals surface area (Å²) in [6, 6.07) is 12.9. The maximum Gasteiger partial charge on any atom is 0.252 e. The molecular formula is C20H21FN2O3. The first-order valence-electron chi connectivity index (χ1n) is 8.50. The van der Waals surface area contributed by atoms with Crippen LogP contribution in [0.2, 0.25) is 0 Å². The molecule has 2 aromatic rings. The number of carbonyl (C=O) groups is 2. The highest BCUT2D eigenvalue weighted by Gasteiger charge is 2.31. The molecule has 0 spiro atoms. The molecule has 6 heteroatoms. The zero-order valence-electron chi connectivity index (χ0n) is 14.6. The smallest absolute Gasteiger partial charge is 0.252 e. The fourth-order valence-corrected chi connectivity index (χ4v) is 3.10. The molecule has 0 aliphatic carbocycles. The maximum atomic E-state index is 14.0. The number of amides is 2. The lowest BCUT2D eigenvalue weighted by Crippen LogP contribution is -2.52. The molecule has 0 unspecified atom stereocenters. The molecule has 5 nitrogen and oxygen atoms in total. The van der Waals surface area contributed by atoms with Crippen LogP contribution in [0.25, 0.3) is 0 Å². The Morgan fingerprint density at radius 2 is 1.96 bits per heavy atom. The van der Waals surface area contributed by atoms with Crippen molar-refractivity contribution in [1.82, 2.24) is 10.2 Å². The lowest BCUT2D eigenvalue weighted by Gasteiger charge is -2.31. The Kier molecular flexibility index (Phi) is 5.63. The van der Waals surface area contributed by atoms with Crippen molar-refractivity contribution in [3.05, 3.63) is 71.0 Å². The predicted octanol–water partition coefficient (Wildman–Crippen LogP) is 2.16. The Labute approximate surface area is 151 Å². The van der Waals surface area contributed by atoms with E-state index in [-0.39, 0.29) is 24.2 Å². The molecule has 0 saturated carbocycles. The Hall–Kier alpha value is -2.73. The number of ether oxygens (including phenoxy) is 1. The van der Waals surface area contributed by atoms with Crippen LogP contribution in [0.1, 0.15) is 21.5 Å². The van der Waals surface area contributed by atoms with Gasteiger partial charge in [-0.15, -0.1) is 0 Å². The van der Waals surface area contributed by atoms with Gasteiger partial charge in [-0.05, 0) is 17.7 Å². The molecule has 0 saturated heterocycles. The third-order valence-corrected chi connectivity index (χ3v) is 4.49. The molecule has 3 rings (SSSR count). The Morgan fingerprint density at radius 1 is 1.23 bits per heavy atom. The molecule has 1 aliphatic heterocycles. The summed E-state index contributed by atoms with van der Waals surface area (Å²) in [4.78, 5) is 26.8. The average molecular weight is 356 g/mol. The van der Waals surface area contributed by atoms with Crippen molar-refractivity contribution in [2.45, 2.75) is 19.0 Å². The Morgan fingerprint density at radius 3 is 2.73 bits per heavy atom. The van der Waals surface area contributed by atoms with Crippen LogP contribution in [-0.2, 0) is 22.5 Å². The third kappa shape index (κ3) is 3.91. The minimum absolute atomic E-state index is 0.128. The summed E-state index contributed by atoms with van der Waals surface area (Å²) in [5.41, 5.74) is 1.86. The van der Waals surface area contributed by atoms with E-state index in [9.17, 15) is 14.0 Å². The van der Waals surface area contributed by atoms with Gasteiger partial charge in [0.25, 0.3) is 5.91 Å². The SMILES string of the molecule is COCCN(Cc1ccccc1F)C(=O)[C@H]1Cc2ccccc2C(=O)N1. The number of rotatable bonds is 6. The fraction of sp³-hybridized carbons (Fsp3) is 0.300. The fourth-order valence-electron chi connectivity index (χ4n) is 3.10. The van der Waals surface area contributed by atoms with E-state index >= 15 is 0 Å². The van der Waals surface area contributed by atoms with Crippen molar-refractivity contribution in [2.24, 2.45) is 0 Å². The molecule has 2 amide bonds. The summed E-state index contributed by atoms with van der Waals surface area (Å²) in [7, 11) is 1.55. The normalized spacial score (nSPS) is 15.9. The van der Waals surface area contributed by atoms with E-state index in [2.05, 4.69) is 5.32 Å². The van der Waals surface area contributed by atoms with Crippen molar-refractivity contribution in [1.29, 1.82) is 0 Å². The van der Waals surface area contributed by atoms with Gasteiger partial charge in [-0.1, -0.05) is 36.4 Å². The van der Waals surface area contributed by atoms with Crippen molar-refractivity contribution in [3.63, 3.8) is 0 Å². The van der Waals surface area contributed by atoms with Crippen LogP contribution in [0.4, 0.5) is 4.39 Å². The minimum atomic E-state index is -0.666. The van der Waals surface area contributed by atoms with Gasteiger partial charge in [-0.2, -0.15) is 0 Å². The quantitative estimate of drug-likeness (QED) is 0.863. The van der Waals surface area contributed by atoms with E-state index in [1.807, 2.05) is 12.1 Å². The van der Waals surface area contributed by atoms with Crippen molar-refractivity contribution >= 4 is 11.8 Å². The highest BCUT2D eigenvalue weighted by atomic mass is 19.1. The van der Waals surface area contributed by atoms with Gasteiger partial charge < -0.3 is 15.0 Å². The van der Waals surface area contributed by atoms with Crippen LogP contribution in [0.3, 0.4) is 0 Å². The van der Waals surface area contributed by atoms with E-state index < -0.39 is 6.04 Å². The Balaban J connectivity index is 1.79. The van der Waals surface area contributed by atoms with Crippen molar-refractivity contribution in [3.8, 4) is 0 Å². The molecular weight excluding hydrogens is 335 g/mol. The second-order valence-electron chi connectivity index (χ2n) is 6.23. The molecule has 1 heterocycles. The molecule has 0 bridgehead atoms. The van der Waals surface area contributed by atoms with Gasteiger partial charge in [0.15, 0.2) is 0 Å². The standard InChI is InChI=1S/C20H21FN2O3/c1-26-11-10-23(13-15-7-3-5-9-17(15)21)20(25)18-12-14-6-2-4-8-16(14)19(24)22-18/h2-9,18H,10-13H2,1H3,(H,22,24)/t18-/m1/s1. The molecule has 136 valence electrons. The predicted molar refractivity (Wildman–Crippen MR) is 95.1 cm³/mol. The zero-order valence-corrected chi connectivity index (χ0v) is 14.6. The maximum absolute atomic E-state index is 14.0. The van der Waals surface area contributed by atoms with E-state index in [0.717, 1.165) is 5.56 Å². The first kappa shape index (κ1) is 18.1. The minimum Gasteiger partial charge on any atom is -0.383 e. The molecule has 26 heavy (non-hydrogen) atoms. The van der Waals surface area contributed by atoms with Gasteiger partial charge in [-0.25, -0.2) is 4.39 Å². The lowest BCUT2D eigenvalue weighted by atomic mass is 9.94. The Bertz CT molecular complexity index is 809. The average Bonchev–Trinajstić information content (AvgIpc) is 2.66. The summed E-state index contributed by atoms with van der Waals surface area (Å²) in [5, 5.41) is 2.76. The topological polar surface area (TPSA) is 58.6 Å². The summed E-state index contributed by atoms with van der Waals surface area (Å²) >= 11 is 0. The van der Waals surface area contributed by atoms with Crippen molar-refractivity contribution < 1.29 is 18.7 Å². The van der Waals surface area contributed by atoms with E-state index in [0.29, 0.717) is 30.7 Å². The van der Waals surface area contributed by atoms with Gasteiger partial charge in [0, 0.05) is 37.7 Å². The molecule has 0 radical (unpaired) electrons. The van der Waals surface area contributed by atoms with Gasteiger partial charge >= 0.3 is 0 Å². The zero-order chi connectivity index (χ0) is 18.5. The van der Waals surface area contributed by atoms with Gasteiger partial charge in [0.1, 0.15) is 11.9 Å². The number of hydrogen-bond donors (Lipinski definition) is 1. The number of nitrogens with zero attached hydrogens (tertiary/aromatic N) is 1. The number of carbonyl (C=O) groups excluding carboxylic acids is 2. The number of halogens is 1. The van der Waals surface area contributed by atoms with Crippen LogP contribution in [0.15, 0.2) is 48.5 Å². The first-order valence-corrected chi connectivity index (χ1v) is 8.50. The number of hydrogen-bond acceptors (Lipinski definition) is 3. The molecule has 2 aromatic carbocycles. The van der Waals surface area contributed by atoms with Crippen molar-refractivity contribution in [2.75, 3.05) is 20.3 Å². The number of fused-ring (bicyclic) bond motifs is 1. The van der Waals surface area contributed by atoms with Crippen LogP contribution >= 0.6 is 0 Å². The summed E-state index contributed by atoms with van der Waals surface area (Å²) in [6.07, 6.45) is 0.418. The van der Waals surface area contributed by atoms with Gasteiger partial charge in [-0.3, -0.25) is 9.59 Å². The lowest BCUT2D eigenvalue weighted by molar-refractivity contribution is -0.134. The second kappa shape index (κ2) is 8.10. The number of benzene rings is 2. The van der Waals surface area contributed by atoms with E-state index in [4.69, 9.17) is 4.74 Å². The van der Waals surface area contributed by atoms with Crippen LogP contribution in [-0.4, -0.2) is 43.0 Å². The molecule has 1 atom stereocenters. The highest BCUT2D eigenvalue weighted by molar-refractivity contribution is 6.00. The second-order valence-corrected chi connectivity index (χ2v) is 6.23. The highest BCUT2D eigenvalue weighted by Crippen LogP contribution is 2.19. The number of methoxy groups -OCH3 is 1. The van der Waals surface area contributed by atoms with E-state index in [1.54, 1.807) is 37.4 Å². The van der Waals surface area contributed by atoms with E-state index in [1.165, 1.54) is 11.0 Å². The summed E-state index contributed by atoms with van der Waals surface area (Å²) in [5.74, 6) is -0.864. The largest absolute Gasteiger partial charge is 0.383 e. The molecule has 0 aromatic heterocycles. The van der Waals surface area contributed by atoms with Crippen LogP contribution < -0.4 is 5.32 Å². The molecule has 1 N–H and O–H groups in total. The number of nitrogens with one attached hydrogen (secondary N) is 1. The third-order valence-electron chi connectivity index (χ3n) is 4.49. The summed E-state index contributed by atoms with van der Waals surface area (Å²) < 4.78 is 19.1. The summed E-state index contributed by atoms with van der Waals surface area (Å²) in [6.45, 7) is 0.776. The van der Waals surface area contributed by atoms with Crippen LogP contribution in [0, 0.1) is 5.82 Å². The molecule has 0 fully saturated rings. The van der Waals surface area contributed by atoms with Gasteiger partial charge in [0.2, 0.25) is 5.91 Å². The van der Waals surface area contributed by atoms with Crippen LogP contribution in [0.5, 0.6) is 0 Å². The van der Waals surface area contributed by atoms with Gasteiger partial charge in [0.05, 0.1) is 6.61 Å².